The molecule has 4 rings (SSSR count). The van der Waals surface area contributed by atoms with Crippen molar-refractivity contribution in [3.05, 3.63) is 41.6 Å². The van der Waals surface area contributed by atoms with E-state index >= 15 is 0 Å². The average Bonchev–Trinajstić information content (AvgIpc) is 2.90. The Labute approximate surface area is 205 Å². The molecule has 0 spiro atoms. The molecule has 0 saturated carbocycles. The Morgan fingerprint density at radius 1 is 0.882 bits per heavy atom. The van der Waals surface area contributed by atoms with E-state index in [1.54, 1.807) is 0 Å². The van der Waals surface area contributed by atoms with Gasteiger partial charge in [0.05, 0.1) is 12.2 Å². The van der Waals surface area contributed by atoms with Crippen molar-refractivity contribution in [3.8, 4) is 11.4 Å². The maximum absolute atomic E-state index is 13.0. The van der Waals surface area contributed by atoms with E-state index in [0.717, 1.165) is 87.0 Å². The number of hydrogen-bond acceptors (Lipinski definition) is 5. The smallest absolute Gasteiger partial charge is 0.222 e. The lowest BCUT2D eigenvalue weighted by molar-refractivity contribution is -0.132. The Morgan fingerprint density at radius 3 is 2.35 bits per heavy atom. The molecule has 34 heavy (non-hydrogen) atoms. The fourth-order valence-corrected chi connectivity index (χ4v) is 5.08. The van der Waals surface area contributed by atoms with Gasteiger partial charge in [-0.25, -0.2) is 9.97 Å². The monoisotopic (exact) mass is 463 g/mol. The van der Waals surface area contributed by atoms with Gasteiger partial charge in [0.1, 0.15) is 5.82 Å². The number of carbonyl (C=O) groups is 1. The molecule has 2 aliphatic rings. The number of nitrogens with zero attached hydrogens (tertiary/aromatic N) is 5. The van der Waals surface area contributed by atoms with Gasteiger partial charge in [-0.3, -0.25) is 4.79 Å². The van der Waals surface area contributed by atoms with Crippen molar-refractivity contribution in [3.63, 3.8) is 0 Å². The second-order valence-corrected chi connectivity index (χ2v) is 9.67. The number of benzene rings is 1. The summed E-state index contributed by atoms with van der Waals surface area (Å²) < 4.78 is 0. The summed E-state index contributed by atoms with van der Waals surface area (Å²) in [5.41, 5.74) is 3.33. The minimum atomic E-state index is 0.287. The van der Waals surface area contributed by atoms with E-state index < -0.39 is 0 Å². The zero-order chi connectivity index (χ0) is 23.8. The van der Waals surface area contributed by atoms with Crippen LogP contribution in [-0.4, -0.2) is 64.9 Å². The van der Waals surface area contributed by atoms with Crippen LogP contribution >= 0.6 is 0 Å². The summed E-state index contributed by atoms with van der Waals surface area (Å²) in [7, 11) is 0. The lowest BCUT2D eigenvalue weighted by Gasteiger charge is -2.38. The van der Waals surface area contributed by atoms with Crippen LogP contribution in [-0.2, 0) is 17.8 Å². The maximum atomic E-state index is 13.0. The molecule has 1 aromatic carbocycles. The van der Waals surface area contributed by atoms with Crippen LogP contribution in [0.2, 0.25) is 0 Å². The number of rotatable bonds is 10. The standard InChI is InChI=1S/C28H41N5O/c1-3-5-6-7-8-12-15-26(34)33-17-16-25-24(22-33)28(32-20-18-31(4-2)19-21-32)30-27(29-25)23-13-10-9-11-14-23/h9-11,13-14H,3-8,12,15-22H2,1-2H3. The molecule has 0 N–H and O–H groups in total. The number of unbranched alkanes of at least 4 members (excludes halogenated alkanes) is 5. The summed E-state index contributed by atoms with van der Waals surface area (Å²) in [5, 5.41) is 0. The van der Waals surface area contributed by atoms with E-state index in [1.807, 2.05) is 23.1 Å². The first kappa shape index (κ1) is 24.6. The highest BCUT2D eigenvalue weighted by molar-refractivity contribution is 5.77. The molecule has 1 saturated heterocycles. The Bertz CT molecular complexity index is 924. The third-order valence-corrected chi connectivity index (χ3v) is 7.29. The topological polar surface area (TPSA) is 52.6 Å². The molecule has 1 fully saturated rings. The second kappa shape index (κ2) is 12.3. The number of amides is 1. The van der Waals surface area contributed by atoms with Gasteiger partial charge < -0.3 is 14.7 Å². The van der Waals surface area contributed by atoms with Gasteiger partial charge >= 0.3 is 0 Å². The van der Waals surface area contributed by atoms with Gasteiger partial charge in [0, 0.05) is 56.7 Å². The Hall–Kier alpha value is -2.47. The Kier molecular flexibility index (Phi) is 8.91. The zero-order valence-electron chi connectivity index (χ0n) is 21.1. The van der Waals surface area contributed by atoms with Crippen molar-refractivity contribution in [1.29, 1.82) is 0 Å². The fraction of sp³-hybridized carbons (Fsp3) is 0.607. The van der Waals surface area contributed by atoms with Crippen molar-refractivity contribution in [2.24, 2.45) is 0 Å². The van der Waals surface area contributed by atoms with Crippen LogP contribution in [0.15, 0.2) is 30.3 Å². The largest absolute Gasteiger partial charge is 0.354 e. The molecule has 0 aliphatic carbocycles. The summed E-state index contributed by atoms with van der Waals surface area (Å²) in [6.07, 6.45) is 8.73. The minimum Gasteiger partial charge on any atom is -0.354 e. The molecule has 0 unspecified atom stereocenters. The summed E-state index contributed by atoms with van der Waals surface area (Å²) in [6.45, 7) is 11.0. The van der Waals surface area contributed by atoms with E-state index in [9.17, 15) is 4.79 Å². The van der Waals surface area contributed by atoms with Crippen LogP contribution in [0.5, 0.6) is 0 Å². The number of aromatic nitrogens is 2. The number of fused-ring (bicyclic) bond motifs is 1. The average molecular weight is 464 g/mol. The Balaban J connectivity index is 1.50. The molecule has 3 heterocycles. The van der Waals surface area contributed by atoms with Crippen LogP contribution < -0.4 is 4.90 Å². The summed E-state index contributed by atoms with van der Waals surface area (Å²) in [5.74, 6) is 2.13. The van der Waals surface area contributed by atoms with Crippen LogP contribution in [0.4, 0.5) is 5.82 Å². The normalized spacial score (nSPS) is 16.5. The van der Waals surface area contributed by atoms with Crippen molar-refractivity contribution >= 4 is 11.7 Å². The molecule has 6 heteroatoms. The first-order valence-corrected chi connectivity index (χ1v) is 13.4. The van der Waals surface area contributed by atoms with Crippen molar-refractivity contribution in [1.82, 2.24) is 19.8 Å². The molecule has 0 atom stereocenters. The number of piperazine rings is 1. The molecule has 2 aliphatic heterocycles. The van der Waals surface area contributed by atoms with Crippen molar-refractivity contribution < 1.29 is 4.79 Å². The van der Waals surface area contributed by atoms with Crippen molar-refractivity contribution in [2.75, 3.05) is 44.2 Å². The fourth-order valence-electron chi connectivity index (χ4n) is 5.08. The highest BCUT2D eigenvalue weighted by Gasteiger charge is 2.29. The molecule has 2 aromatic rings. The first-order chi connectivity index (χ1) is 16.7. The van der Waals surface area contributed by atoms with Crippen molar-refractivity contribution in [2.45, 2.75) is 71.8 Å². The number of likely N-dealkylation sites (N-methyl/N-ethyl adjacent to an activating group) is 1. The molecule has 0 radical (unpaired) electrons. The number of hydrogen-bond donors (Lipinski definition) is 0. The minimum absolute atomic E-state index is 0.287. The van der Waals surface area contributed by atoms with Crippen LogP contribution in [0.3, 0.4) is 0 Å². The number of anilines is 1. The third kappa shape index (κ3) is 6.15. The lowest BCUT2D eigenvalue weighted by atomic mass is 10.0. The van der Waals surface area contributed by atoms with E-state index in [2.05, 4.69) is 35.8 Å². The van der Waals surface area contributed by atoms with Gasteiger partial charge in [-0.1, -0.05) is 76.3 Å². The molecular formula is C28H41N5O. The highest BCUT2D eigenvalue weighted by Crippen LogP contribution is 2.30. The maximum Gasteiger partial charge on any atom is 0.222 e. The SMILES string of the molecule is CCCCCCCCC(=O)N1CCc2nc(-c3ccccc3)nc(N3CCN(CC)CC3)c2C1. The van der Waals surface area contributed by atoms with E-state index in [-0.39, 0.29) is 5.91 Å². The van der Waals surface area contributed by atoms with E-state index in [0.29, 0.717) is 13.0 Å². The van der Waals surface area contributed by atoms with Gasteiger partial charge in [-0.2, -0.15) is 0 Å². The van der Waals surface area contributed by atoms with Crippen LogP contribution in [0.25, 0.3) is 11.4 Å². The summed E-state index contributed by atoms with van der Waals surface area (Å²) in [6, 6.07) is 10.3. The third-order valence-electron chi connectivity index (χ3n) is 7.29. The molecule has 184 valence electrons. The molecular weight excluding hydrogens is 422 g/mol. The van der Waals surface area contributed by atoms with Crippen LogP contribution in [0.1, 0.15) is 70.1 Å². The highest BCUT2D eigenvalue weighted by atomic mass is 16.2. The van der Waals surface area contributed by atoms with Gasteiger partial charge in [0.2, 0.25) is 5.91 Å². The Morgan fingerprint density at radius 2 is 1.62 bits per heavy atom. The zero-order valence-corrected chi connectivity index (χ0v) is 21.1. The predicted molar refractivity (Wildman–Crippen MR) is 139 cm³/mol. The van der Waals surface area contributed by atoms with Gasteiger partial charge in [0.25, 0.3) is 0 Å². The van der Waals surface area contributed by atoms with E-state index in [4.69, 9.17) is 9.97 Å². The van der Waals surface area contributed by atoms with Gasteiger partial charge in [0.15, 0.2) is 5.82 Å². The molecule has 1 amide bonds. The van der Waals surface area contributed by atoms with Gasteiger partial charge in [-0.05, 0) is 13.0 Å². The molecule has 0 bridgehead atoms. The lowest BCUT2D eigenvalue weighted by Crippen LogP contribution is -2.47. The van der Waals surface area contributed by atoms with Crippen LogP contribution in [0, 0.1) is 0 Å². The van der Waals surface area contributed by atoms with Gasteiger partial charge in [-0.15, -0.1) is 0 Å². The first-order valence-electron chi connectivity index (χ1n) is 13.4. The summed E-state index contributed by atoms with van der Waals surface area (Å²) >= 11 is 0. The summed E-state index contributed by atoms with van der Waals surface area (Å²) in [4.78, 5) is 30.0. The quantitative estimate of drug-likeness (QED) is 0.468. The van der Waals surface area contributed by atoms with E-state index in [1.165, 1.54) is 25.7 Å². The molecule has 1 aromatic heterocycles. The molecule has 6 nitrogen and oxygen atoms in total. The predicted octanol–water partition coefficient (Wildman–Crippen LogP) is 4.92. The second-order valence-electron chi connectivity index (χ2n) is 9.67. The number of carbonyl (C=O) groups excluding carboxylic acids is 1.